The first-order valence-corrected chi connectivity index (χ1v) is 8.74. The van der Waals surface area contributed by atoms with Crippen LogP contribution in [0.25, 0.3) is 0 Å². The standard InChI is InChI=1S/C12H24N4O3S/c1-14-2-4-15(5-3-14)6-7-16-9-11(8-12(16)17)10-20(13,18)19/h11H,2-10H2,1H3,(H2,13,18,19). The molecule has 0 aromatic carbocycles. The second kappa shape index (κ2) is 6.38. The summed E-state index contributed by atoms with van der Waals surface area (Å²) < 4.78 is 22.1. The van der Waals surface area contributed by atoms with Gasteiger partial charge in [-0.1, -0.05) is 0 Å². The molecule has 0 aromatic rings. The molecule has 20 heavy (non-hydrogen) atoms. The van der Waals surface area contributed by atoms with E-state index < -0.39 is 10.0 Å². The zero-order chi connectivity index (χ0) is 14.8. The maximum Gasteiger partial charge on any atom is 0.223 e. The lowest BCUT2D eigenvalue weighted by Crippen LogP contribution is -2.47. The van der Waals surface area contributed by atoms with Crippen molar-refractivity contribution in [1.82, 2.24) is 14.7 Å². The summed E-state index contributed by atoms with van der Waals surface area (Å²) in [5.41, 5.74) is 0. The van der Waals surface area contributed by atoms with Gasteiger partial charge in [-0.05, 0) is 7.05 Å². The molecule has 0 aromatic heterocycles. The Morgan fingerprint density at radius 1 is 1.20 bits per heavy atom. The number of amides is 1. The Morgan fingerprint density at radius 2 is 1.85 bits per heavy atom. The van der Waals surface area contributed by atoms with E-state index in [0.29, 0.717) is 19.5 Å². The molecule has 2 fully saturated rings. The van der Waals surface area contributed by atoms with Crippen molar-refractivity contribution >= 4 is 15.9 Å². The quantitative estimate of drug-likeness (QED) is 0.659. The summed E-state index contributed by atoms with van der Waals surface area (Å²) in [4.78, 5) is 18.3. The number of likely N-dealkylation sites (tertiary alicyclic amines) is 1. The number of primary sulfonamides is 1. The highest BCUT2D eigenvalue weighted by Crippen LogP contribution is 2.18. The van der Waals surface area contributed by atoms with Crippen LogP contribution in [0.15, 0.2) is 0 Å². The van der Waals surface area contributed by atoms with Crippen molar-refractivity contribution < 1.29 is 13.2 Å². The molecule has 2 heterocycles. The SMILES string of the molecule is CN1CCN(CCN2CC(CS(N)(=O)=O)CC2=O)CC1. The van der Waals surface area contributed by atoms with Gasteiger partial charge in [0.05, 0.1) is 5.75 Å². The van der Waals surface area contributed by atoms with Crippen LogP contribution in [-0.4, -0.2) is 87.6 Å². The van der Waals surface area contributed by atoms with Gasteiger partial charge in [-0.3, -0.25) is 9.69 Å². The third-order valence-corrected chi connectivity index (χ3v) is 4.98. The molecule has 1 amide bonds. The van der Waals surface area contributed by atoms with Crippen molar-refractivity contribution in [1.29, 1.82) is 0 Å². The number of rotatable bonds is 5. The van der Waals surface area contributed by atoms with Crippen molar-refractivity contribution in [2.24, 2.45) is 11.1 Å². The van der Waals surface area contributed by atoms with E-state index in [1.807, 2.05) is 0 Å². The van der Waals surface area contributed by atoms with Crippen LogP contribution in [-0.2, 0) is 14.8 Å². The van der Waals surface area contributed by atoms with E-state index in [2.05, 4.69) is 16.8 Å². The molecule has 2 aliphatic heterocycles. The molecule has 2 aliphatic rings. The molecular formula is C12H24N4O3S. The summed E-state index contributed by atoms with van der Waals surface area (Å²) in [5, 5.41) is 5.04. The Hall–Kier alpha value is -0.700. The van der Waals surface area contributed by atoms with Gasteiger partial charge in [0.25, 0.3) is 0 Å². The van der Waals surface area contributed by atoms with Crippen molar-refractivity contribution in [3.05, 3.63) is 0 Å². The highest BCUT2D eigenvalue weighted by molar-refractivity contribution is 7.89. The first kappa shape index (κ1) is 15.7. The van der Waals surface area contributed by atoms with Crippen LogP contribution in [0, 0.1) is 5.92 Å². The summed E-state index contributed by atoms with van der Waals surface area (Å²) >= 11 is 0. The highest BCUT2D eigenvalue weighted by Gasteiger charge is 2.31. The number of nitrogens with zero attached hydrogens (tertiary/aromatic N) is 3. The van der Waals surface area contributed by atoms with Gasteiger partial charge in [0, 0.05) is 58.2 Å². The molecule has 2 N–H and O–H groups in total. The van der Waals surface area contributed by atoms with Gasteiger partial charge in [-0.2, -0.15) is 0 Å². The smallest absolute Gasteiger partial charge is 0.223 e. The Morgan fingerprint density at radius 3 is 2.45 bits per heavy atom. The fourth-order valence-electron chi connectivity index (χ4n) is 2.84. The zero-order valence-electron chi connectivity index (χ0n) is 12.0. The van der Waals surface area contributed by atoms with Crippen LogP contribution >= 0.6 is 0 Å². The van der Waals surface area contributed by atoms with Crippen LogP contribution in [0.1, 0.15) is 6.42 Å². The average Bonchev–Trinajstić information content (AvgIpc) is 2.66. The number of carbonyl (C=O) groups is 1. The van der Waals surface area contributed by atoms with Gasteiger partial charge in [0.2, 0.25) is 15.9 Å². The van der Waals surface area contributed by atoms with Crippen LogP contribution in [0.4, 0.5) is 0 Å². The number of piperazine rings is 1. The van der Waals surface area contributed by atoms with Crippen LogP contribution in [0.3, 0.4) is 0 Å². The number of nitrogens with two attached hydrogens (primary N) is 1. The van der Waals surface area contributed by atoms with E-state index in [-0.39, 0.29) is 17.6 Å². The van der Waals surface area contributed by atoms with Crippen molar-refractivity contribution in [3.8, 4) is 0 Å². The highest BCUT2D eigenvalue weighted by atomic mass is 32.2. The van der Waals surface area contributed by atoms with Gasteiger partial charge >= 0.3 is 0 Å². The third kappa shape index (κ3) is 4.69. The molecule has 2 rings (SSSR count). The van der Waals surface area contributed by atoms with Crippen LogP contribution in [0.2, 0.25) is 0 Å². The number of hydrogen-bond donors (Lipinski definition) is 1. The third-order valence-electron chi connectivity index (χ3n) is 4.04. The van der Waals surface area contributed by atoms with Gasteiger partial charge < -0.3 is 9.80 Å². The van der Waals surface area contributed by atoms with E-state index in [1.54, 1.807) is 4.90 Å². The van der Waals surface area contributed by atoms with Gasteiger partial charge in [0.15, 0.2) is 0 Å². The largest absolute Gasteiger partial charge is 0.341 e. The maximum absolute atomic E-state index is 11.9. The summed E-state index contributed by atoms with van der Waals surface area (Å²) in [6, 6.07) is 0. The molecular weight excluding hydrogens is 280 g/mol. The van der Waals surface area contributed by atoms with Gasteiger partial charge in [-0.15, -0.1) is 0 Å². The van der Waals surface area contributed by atoms with Crippen LogP contribution in [0.5, 0.6) is 0 Å². The maximum atomic E-state index is 11.9. The molecule has 0 saturated carbocycles. The molecule has 1 atom stereocenters. The van der Waals surface area contributed by atoms with E-state index in [9.17, 15) is 13.2 Å². The molecule has 0 bridgehead atoms. The normalized spacial score (nSPS) is 26.4. The van der Waals surface area contributed by atoms with E-state index in [0.717, 1.165) is 32.7 Å². The molecule has 7 nitrogen and oxygen atoms in total. The number of likely N-dealkylation sites (N-methyl/N-ethyl adjacent to an activating group) is 1. The zero-order valence-corrected chi connectivity index (χ0v) is 12.8. The minimum absolute atomic E-state index is 0.0489. The van der Waals surface area contributed by atoms with Gasteiger partial charge in [-0.25, -0.2) is 13.6 Å². The van der Waals surface area contributed by atoms with Crippen molar-refractivity contribution in [2.75, 3.05) is 58.6 Å². The monoisotopic (exact) mass is 304 g/mol. The van der Waals surface area contributed by atoms with Crippen LogP contribution < -0.4 is 5.14 Å². The van der Waals surface area contributed by atoms with Crippen molar-refractivity contribution in [3.63, 3.8) is 0 Å². The van der Waals surface area contributed by atoms with Gasteiger partial charge in [0.1, 0.15) is 0 Å². The first-order chi connectivity index (χ1) is 9.33. The molecule has 2 saturated heterocycles. The van der Waals surface area contributed by atoms with E-state index in [1.165, 1.54) is 0 Å². The molecule has 116 valence electrons. The summed E-state index contributed by atoms with van der Waals surface area (Å²) in [5.74, 6) is -0.193. The molecule has 1 unspecified atom stereocenters. The Labute approximate surface area is 120 Å². The minimum atomic E-state index is -3.49. The Kier molecular flexibility index (Phi) is 5.00. The predicted molar refractivity (Wildman–Crippen MR) is 76.6 cm³/mol. The van der Waals surface area contributed by atoms with Crippen molar-refractivity contribution in [2.45, 2.75) is 6.42 Å². The number of sulfonamides is 1. The lowest BCUT2D eigenvalue weighted by atomic mass is 10.1. The molecule has 0 radical (unpaired) electrons. The second-order valence-corrected chi connectivity index (χ2v) is 7.54. The fourth-order valence-corrected chi connectivity index (χ4v) is 3.72. The van der Waals surface area contributed by atoms with E-state index in [4.69, 9.17) is 5.14 Å². The Bertz CT molecular complexity index is 446. The number of hydrogen-bond acceptors (Lipinski definition) is 5. The molecule has 8 heteroatoms. The first-order valence-electron chi connectivity index (χ1n) is 7.02. The molecule has 0 spiro atoms. The second-order valence-electron chi connectivity index (χ2n) is 5.88. The lowest BCUT2D eigenvalue weighted by Gasteiger charge is -2.33. The number of carbonyl (C=O) groups excluding carboxylic acids is 1. The summed E-state index contributed by atoms with van der Waals surface area (Å²) in [6.07, 6.45) is 0.305. The average molecular weight is 304 g/mol. The lowest BCUT2D eigenvalue weighted by molar-refractivity contribution is -0.127. The fraction of sp³-hybridized carbons (Fsp3) is 0.917. The summed E-state index contributed by atoms with van der Waals surface area (Å²) in [7, 11) is -1.38. The Balaban J connectivity index is 1.75. The molecule has 0 aliphatic carbocycles. The minimum Gasteiger partial charge on any atom is -0.341 e. The predicted octanol–water partition coefficient (Wildman–Crippen LogP) is -1.63. The summed E-state index contributed by atoms with van der Waals surface area (Å²) in [6.45, 7) is 6.23. The topological polar surface area (TPSA) is 86.9 Å². The van der Waals surface area contributed by atoms with E-state index >= 15 is 0 Å².